The molecule has 1 atom stereocenters. The highest BCUT2D eigenvalue weighted by Crippen LogP contribution is 2.09. The predicted molar refractivity (Wildman–Crippen MR) is 64.1 cm³/mol. The highest BCUT2D eigenvalue weighted by molar-refractivity contribution is 5.25. The number of nitrogens with one attached hydrogen (secondary N) is 1. The lowest BCUT2D eigenvalue weighted by molar-refractivity contribution is 0.430. The first-order valence-electron chi connectivity index (χ1n) is 5.61. The summed E-state index contributed by atoms with van der Waals surface area (Å²) in [5.41, 5.74) is 1.26. The van der Waals surface area contributed by atoms with Gasteiger partial charge in [-0.15, -0.1) is 0 Å². The van der Waals surface area contributed by atoms with Gasteiger partial charge in [-0.25, -0.2) is 0 Å². The zero-order chi connectivity index (χ0) is 11.3. The van der Waals surface area contributed by atoms with Crippen LogP contribution in [0.3, 0.4) is 0 Å². The van der Waals surface area contributed by atoms with Gasteiger partial charge in [0, 0.05) is 6.04 Å². The number of hydrogen-bond donors (Lipinski definition) is 2. The molecule has 84 valence electrons. The van der Waals surface area contributed by atoms with Gasteiger partial charge < -0.3 is 10.4 Å². The molecule has 0 saturated carbocycles. The summed E-state index contributed by atoms with van der Waals surface area (Å²) in [5.74, 6) is 1.01. The van der Waals surface area contributed by atoms with Crippen molar-refractivity contribution in [2.24, 2.45) is 5.92 Å². The molecule has 1 aromatic carbocycles. The van der Waals surface area contributed by atoms with Gasteiger partial charge in [0.2, 0.25) is 0 Å². The molecule has 0 aliphatic heterocycles. The van der Waals surface area contributed by atoms with E-state index in [-0.39, 0.29) is 0 Å². The van der Waals surface area contributed by atoms with Gasteiger partial charge in [-0.3, -0.25) is 0 Å². The number of phenolic OH excluding ortho intramolecular Hbond substituents is 1. The van der Waals surface area contributed by atoms with Crippen molar-refractivity contribution in [3.05, 3.63) is 29.8 Å². The Morgan fingerprint density at radius 3 is 2.27 bits per heavy atom. The van der Waals surface area contributed by atoms with Crippen LogP contribution in [0, 0.1) is 5.92 Å². The average Bonchev–Trinajstić information content (AvgIpc) is 2.20. The molecular formula is C13H21NO. The second-order valence-electron chi connectivity index (χ2n) is 4.40. The maximum atomic E-state index is 9.13. The number of phenols is 1. The third-order valence-corrected chi connectivity index (χ3v) is 2.82. The van der Waals surface area contributed by atoms with Crippen molar-refractivity contribution in [1.29, 1.82) is 0 Å². The molecule has 0 saturated heterocycles. The fourth-order valence-electron chi connectivity index (χ4n) is 1.34. The number of rotatable bonds is 5. The molecule has 0 radical (unpaired) electrons. The standard InChI is InChI=1S/C13H21NO/c1-10(2)11(3)14-9-8-12-4-6-13(15)7-5-12/h4-7,10-11,14-15H,8-9H2,1-3H3. The summed E-state index contributed by atoms with van der Waals surface area (Å²) in [6.45, 7) is 7.64. The summed E-state index contributed by atoms with van der Waals surface area (Å²) < 4.78 is 0. The van der Waals surface area contributed by atoms with E-state index in [0.29, 0.717) is 17.7 Å². The molecule has 0 spiro atoms. The lowest BCUT2D eigenvalue weighted by atomic mass is 10.1. The Balaban J connectivity index is 2.29. The van der Waals surface area contributed by atoms with Crippen LogP contribution in [-0.2, 0) is 6.42 Å². The molecular weight excluding hydrogens is 186 g/mol. The molecule has 1 unspecified atom stereocenters. The van der Waals surface area contributed by atoms with E-state index in [4.69, 9.17) is 5.11 Å². The Hall–Kier alpha value is -1.02. The van der Waals surface area contributed by atoms with E-state index in [1.165, 1.54) is 5.56 Å². The van der Waals surface area contributed by atoms with Crippen LogP contribution < -0.4 is 5.32 Å². The zero-order valence-corrected chi connectivity index (χ0v) is 9.83. The summed E-state index contributed by atoms with van der Waals surface area (Å²) in [6.07, 6.45) is 1.01. The van der Waals surface area contributed by atoms with E-state index in [1.807, 2.05) is 12.1 Å². The predicted octanol–water partition coefficient (Wildman–Crippen LogP) is 2.57. The lowest BCUT2D eigenvalue weighted by Gasteiger charge is -2.17. The molecule has 0 heterocycles. The highest BCUT2D eigenvalue weighted by atomic mass is 16.3. The van der Waals surface area contributed by atoms with Gasteiger partial charge in [0.25, 0.3) is 0 Å². The van der Waals surface area contributed by atoms with Gasteiger partial charge in [0.15, 0.2) is 0 Å². The van der Waals surface area contributed by atoms with Crippen LogP contribution >= 0.6 is 0 Å². The third-order valence-electron chi connectivity index (χ3n) is 2.82. The van der Waals surface area contributed by atoms with Crippen molar-refractivity contribution in [3.63, 3.8) is 0 Å². The summed E-state index contributed by atoms with van der Waals surface area (Å²) in [7, 11) is 0. The summed E-state index contributed by atoms with van der Waals surface area (Å²) >= 11 is 0. The molecule has 1 rings (SSSR count). The smallest absolute Gasteiger partial charge is 0.115 e. The van der Waals surface area contributed by atoms with Crippen LogP contribution in [0.5, 0.6) is 5.75 Å². The molecule has 0 aliphatic rings. The fraction of sp³-hybridized carbons (Fsp3) is 0.538. The van der Waals surface area contributed by atoms with Gasteiger partial charge in [-0.1, -0.05) is 26.0 Å². The van der Waals surface area contributed by atoms with E-state index in [2.05, 4.69) is 26.1 Å². The Morgan fingerprint density at radius 2 is 1.73 bits per heavy atom. The molecule has 1 aromatic rings. The maximum Gasteiger partial charge on any atom is 0.115 e. The molecule has 2 nitrogen and oxygen atoms in total. The van der Waals surface area contributed by atoms with Crippen LogP contribution in [0.4, 0.5) is 0 Å². The zero-order valence-electron chi connectivity index (χ0n) is 9.83. The van der Waals surface area contributed by atoms with Crippen molar-refractivity contribution in [2.45, 2.75) is 33.2 Å². The van der Waals surface area contributed by atoms with E-state index >= 15 is 0 Å². The Labute approximate surface area is 92.3 Å². The Bertz CT molecular complexity index is 279. The molecule has 2 N–H and O–H groups in total. The van der Waals surface area contributed by atoms with Crippen molar-refractivity contribution >= 4 is 0 Å². The van der Waals surface area contributed by atoms with E-state index in [0.717, 1.165) is 13.0 Å². The number of aromatic hydroxyl groups is 1. The lowest BCUT2D eigenvalue weighted by Crippen LogP contribution is -2.32. The van der Waals surface area contributed by atoms with Gasteiger partial charge in [-0.05, 0) is 43.5 Å². The minimum atomic E-state index is 0.335. The Morgan fingerprint density at radius 1 is 1.13 bits per heavy atom. The van der Waals surface area contributed by atoms with Gasteiger partial charge in [-0.2, -0.15) is 0 Å². The minimum Gasteiger partial charge on any atom is -0.508 e. The molecule has 15 heavy (non-hydrogen) atoms. The first-order valence-corrected chi connectivity index (χ1v) is 5.61. The summed E-state index contributed by atoms with van der Waals surface area (Å²) in [5, 5.41) is 12.6. The van der Waals surface area contributed by atoms with Crippen molar-refractivity contribution in [1.82, 2.24) is 5.32 Å². The molecule has 0 aromatic heterocycles. The van der Waals surface area contributed by atoms with Crippen molar-refractivity contribution in [2.75, 3.05) is 6.54 Å². The monoisotopic (exact) mass is 207 g/mol. The first-order chi connectivity index (χ1) is 7.09. The second kappa shape index (κ2) is 5.76. The quantitative estimate of drug-likeness (QED) is 0.777. The summed E-state index contributed by atoms with van der Waals surface area (Å²) in [4.78, 5) is 0. The third kappa shape index (κ3) is 4.34. The Kier molecular flexibility index (Phi) is 4.63. The van der Waals surface area contributed by atoms with Crippen LogP contribution in [0.2, 0.25) is 0 Å². The van der Waals surface area contributed by atoms with Crippen LogP contribution in [0.25, 0.3) is 0 Å². The molecule has 0 fully saturated rings. The number of benzene rings is 1. The minimum absolute atomic E-state index is 0.335. The average molecular weight is 207 g/mol. The van der Waals surface area contributed by atoms with E-state index in [9.17, 15) is 0 Å². The van der Waals surface area contributed by atoms with Crippen LogP contribution in [0.15, 0.2) is 24.3 Å². The normalized spacial score (nSPS) is 13.1. The SMILES string of the molecule is CC(C)C(C)NCCc1ccc(O)cc1. The van der Waals surface area contributed by atoms with Gasteiger partial charge in [0.05, 0.1) is 0 Å². The fourth-order valence-corrected chi connectivity index (χ4v) is 1.34. The largest absolute Gasteiger partial charge is 0.508 e. The van der Waals surface area contributed by atoms with Gasteiger partial charge in [0.1, 0.15) is 5.75 Å². The molecule has 0 aliphatic carbocycles. The van der Waals surface area contributed by atoms with E-state index in [1.54, 1.807) is 12.1 Å². The van der Waals surface area contributed by atoms with Crippen LogP contribution in [-0.4, -0.2) is 17.7 Å². The van der Waals surface area contributed by atoms with Crippen molar-refractivity contribution in [3.8, 4) is 5.75 Å². The molecule has 0 amide bonds. The topological polar surface area (TPSA) is 32.3 Å². The van der Waals surface area contributed by atoms with Crippen LogP contribution in [0.1, 0.15) is 26.3 Å². The van der Waals surface area contributed by atoms with Gasteiger partial charge >= 0.3 is 0 Å². The maximum absolute atomic E-state index is 9.13. The summed E-state index contributed by atoms with van der Waals surface area (Å²) in [6, 6.07) is 7.97. The second-order valence-corrected chi connectivity index (χ2v) is 4.40. The molecule has 2 heteroatoms. The van der Waals surface area contributed by atoms with Crippen molar-refractivity contribution < 1.29 is 5.11 Å². The van der Waals surface area contributed by atoms with E-state index < -0.39 is 0 Å². The molecule has 0 bridgehead atoms. The highest BCUT2D eigenvalue weighted by Gasteiger charge is 2.04. The number of hydrogen-bond acceptors (Lipinski definition) is 2. The first kappa shape index (κ1) is 12.1.